The van der Waals surface area contributed by atoms with Crippen LogP contribution < -0.4 is 10.6 Å². The highest BCUT2D eigenvalue weighted by atomic mass is 19.1. The van der Waals surface area contributed by atoms with Crippen LogP contribution in [0.4, 0.5) is 10.2 Å². The van der Waals surface area contributed by atoms with Gasteiger partial charge in [0.15, 0.2) is 0 Å². The molecule has 3 aromatic rings. The van der Waals surface area contributed by atoms with Crippen molar-refractivity contribution in [2.45, 2.75) is 32.6 Å². The summed E-state index contributed by atoms with van der Waals surface area (Å²) in [5, 5.41) is 0.906. The zero-order valence-electron chi connectivity index (χ0n) is 15.4. The molecule has 2 atom stereocenters. The summed E-state index contributed by atoms with van der Waals surface area (Å²) in [6.07, 6.45) is 1.89. The van der Waals surface area contributed by atoms with Crippen molar-refractivity contribution in [3.8, 4) is 11.4 Å². The minimum atomic E-state index is -0.332. The first kappa shape index (κ1) is 17.8. The van der Waals surface area contributed by atoms with Crippen LogP contribution in [0.3, 0.4) is 0 Å². The summed E-state index contributed by atoms with van der Waals surface area (Å²) in [6, 6.07) is 8.48. The standard InChI is InChI=1S/C20H22FN5O/c1-12-10-26(11-13(2)27-12)20-6-15(21)5-19(25-20)17-4-3-14-9-23-16(8-22)7-18(14)24-17/h3-7,9,12-13H,8,10-11,22H2,1-2H3/t12-,13+. The summed E-state index contributed by atoms with van der Waals surface area (Å²) < 4.78 is 20.1. The topological polar surface area (TPSA) is 77.2 Å². The van der Waals surface area contributed by atoms with Crippen LogP contribution in [0.1, 0.15) is 19.5 Å². The molecule has 7 heteroatoms. The van der Waals surface area contributed by atoms with Gasteiger partial charge in [-0.05, 0) is 32.0 Å². The van der Waals surface area contributed by atoms with Gasteiger partial charge in [-0.15, -0.1) is 0 Å². The van der Waals surface area contributed by atoms with Gasteiger partial charge in [-0.25, -0.2) is 14.4 Å². The van der Waals surface area contributed by atoms with Gasteiger partial charge in [-0.3, -0.25) is 4.98 Å². The smallest absolute Gasteiger partial charge is 0.132 e. The first-order chi connectivity index (χ1) is 13.0. The number of nitrogens with zero attached hydrogens (tertiary/aromatic N) is 4. The van der Waals surface area contributed by atoms with E-state index < -0.39 is 0 Å². The fraction of sp³-hybridized carbons (Fsp3) is 0.350. The van der Waals surface area contributed by atoms with E-state index in [0.717, 1.165) is 16.6 Å². The number of nitrogens with two attached hydrogens (primary N) is 1. The van der Waals surface area contributed by atoms with E-state index in [9.17, 15) is 4.39 Å². The van der Waals surface area contributed by atoms with Crippen LogP contribution in [0, 0.1) is 5.82 Å². The summed E-state index contributed by atoms with van der Waals surface area (Å²) >= 11 is 0. The lowest BCUT2D eigenvalue weighted by atomic mass is 10.1. The molecule has 0 aliphatic carbocycles. The van der Waals surface area contributed by atoms with Gasteiger partial charge in [0.1, 0.15) is 11.6 Å². The minimum Gasteiger partial charge on any atom is -0.372 e. The molecule has 0 bridgehead atoms. The second-order valence-corrected chi connectivity index (χ2v) is 6.96. The Labute approximate surface area is 157 Å². The van der Waals surface area contributed by atoms with E-state index in [4.69, 9.17) is 10.5 Å². The van der Waals surface area contributed by atoms with Gasteiger partial charge in [0.25, 0.3) is 0 Å². The molecule has 6 nitrogen and oxygen atoms in total. The fourth-order valence-electron chi connectivity index (χ4n) is 3.45. The number of hydrogen-bond acceptors (Lipinski definition) is 6. The van der Waals surface area contributed by atoms with Crippen molar-refractivity contribution in [3.63, 3.8) is 0 Å². The molecule has 4 heterocycles. The summed E-state index contributed by atoms with van der Waals surface area (Å²) in [7, 11) is 0. The number of morpholine rings is 1. The molecule has 3 aromatic heterocycles. The zero-order valence-corrected chi connectivity index (χ0v) is 15.4. The Balaban J connectivity index is 1.73. The van der Waals surface area contributed by atoms with Crippen LogP contribution in [-0.2, 0) is 11.3 Å². The maximum absolute atomic E-state index is 14.3. The van der Waals surface area contributed by atoms with Gasteiger partial charge in [0.05, 0.1) is 34.8 Å². The number of rotatable bonds is 3. The largest absolute Gasteiger partial charge is 0.372 e. The maximum Gasteiger partial charge on any atom is 0.132 e. The minimum absolute atomic E-state index is 0.0724. The van der Waals surface area contributed by atoms with Crippen molar-refractivity contribution in [3.05, 3.63) is 48.0 Å². The van der Waals surface area contributed by atoms with E-state index in [1.54, 1.807) is 6.20 Å². The first-order valence-corrected chi connectivity index (χ1v) is 9.06. The van der Waals surface area contributed by atoms with E-state index in [2.05, 4.69) is 19.9 Å². The van der Waals surface area contributed by atoms with E-state index >= 15 is 0 Å². The van der Waals surface area contributed by atoms with Crippen molar-refractivity contribution in [1.82, 2.24) is 15.0 Å². The van der Waals surface area contributed by atoms with Gasteiger partial charge < -0.3 is 15.4 Å². The van der Waals surface area contributed by atoms with Crippen LogP contribution in [0.5, 0.6) is 0 Å². The molecule has 4 rings (SSSR count). The second-order valence-electron chi connectivity index (χ2n) is 6.96. The number of halogens is 1. The highest BCUT2D eigenvalue weighted by molar-refractivity contribution is 5.80. The van der Waals surface area contributed by atoms with Crippen LogP contribution in [0.25, 0.3) is 22.3 Å². The number of hydrogen-bond donors (Lipinski definition) is 1. The highest BCUT2D eigenvalue weighted by Gasteiger charge is 2.24. The molecular formula is C20H22FN5O. The van der Waals surface area contributed by atoms with Crippen LogP contribution in [-0.4, -0.2) is 40.2 Å². The lowest BCUT2D eigenvalue weighted by Crippen LogP contribution is -2.45. The van der Waals surface area contributed by atoms with Gasteiger partial charge >= 0.3 is 0 Å². The van der Waals surface area contributed by atoms with E-state index in [1.165, 1.54) is 12.1 Å². The molecule has 0 unspecified atom stereocenters. The molecule has 1 saturated heterocycles. The molecule has 2 N–H and O–H groups in total. The third-order valence-corrected chi connectivity index (χ3v) is 4.62. The molecule has 0 amide bonds. The molecule has 0 spiro atoms. The number of aromatic nitrogens is 3. The van der Waals surface area contributed by atoms with Crippen molar-refractivity contribution in [2.75, 3.05) is 18.0 Å². The highest BCUT2D eigenvalue weighted by Crippen LogP contribution is 2.25. The monoisotopic (exact) mass is 367 g/mol. The average Bonchev–Trinajstić information content (AvgIpc) is 2.65. The van der Waals surface area contributed by atoms with E-state index in [0.29, 0.717) is 36.8 Å². The molecular weight excluding hydrogens is 345 g/mol. The average molecular weight is 367 g/mol. The van der Waals surface area contributed by atoms with Gasteiger partial charge in [0, 0.05) is 43.4 Å². The van der Waals surface area contributed by atoms with Crippen molar-refractivity contribution in [2.24, 2.45) is 5.73 Å². The fourth-order valence-corrected chi connectivity index (χ4v) is 3.45. The lowest BCUT2D eigenvalue weighted by molar-refractivity contribution is -0.00547. The summed E-state index contributed by atoms with van der Waals surface area (Å²) in [5.74, 6) is 0.271. The van der Waals surface area contributed by atoms with Crippen molar-refractivity contribution in [1.29, 1.82) is 0 Å². The Hall–Kier alpha value is -2.64. The van der Waals surface area contributed by atoms with Gasteiger partial charge in [0.2, 0.25) is 0 Å². The Kier molecular flexibility index (Phi) is 4.72. The Morgan fingerprint density at radius 3 is 2.63 bits per heavy atom. The lowest BCUT2D eigenvalue weighted by Gasteiger charge is -2.36. The molecule has 1 aliphatic rings. The predicted molar refractivity (Wildman–Crippen MR) is 103 cm³/mol. The maximum atomic E-state index is 14.3. The number of anilines is 1. The van der Waals surface area contributed by atoms with Gasteiger partial charge in [-0.1, -0.05) is 0 Å². The summed E-state index contributed by atoms with van der Waals surface area (Å²) in [6.45, 7) is 5.72. The SMILES string of the molecule is C[C@@H]1CN(c2cc(F)cc(-c3ccc4cnc(CN)cc4n3)n2)C[C@H](C)O1. The molecule has 1 fully saturated rings. The van der Waals surface area contributed by atoms with E-state index in [1.807, 2.05) is 32.0 Å². The molecule has 0 aromatic carbocycles. The third-order valence-electron chi connectivity index (χ3n) is 4.62. The molecule has 27 heavy (non-hydrogen) atoms. The van der Waals surface area contributed by atoms with Crippen LogP contribution in [0.2, 0.25) is 0 Å². The molecule has 0 radical (unpaired) electrons. The number of ether oxygens (including phenoxy) is 1. The second kappa shape index (κ2) is 7.17. The number of fused-ring (bicyclic) bond motifs is 1. The van der Waals surface area contributed by atoms with Crippen molar-refractivity contribution >= 4 is 16.7 Å². The normalized spacial score (nSPS) is 20.2. The molecule has 1 aliphatic heterocycles. The first-order valence-electron chi connectivity index (χ1n) is 9.06. The Bertz CT molecular complexity index is 970. The number of pyridine rings is 3. The van der Waals surface area contributed by atoms with E-state index in [-0.39, 0.29) is 18.0 Å². The summed E-state index contributed by atoms with van der Waals surface area (Å²) in [4.78, 5) is 15.6. The van der Waals surface area contributed by atoms with Crippen LogP contribution in [0.15, 0.2) is 36.5 Å². The quantitative estimate of drug-likeness (QED) is 0.767. The predicted octanol–water partition coefficient (Wildman–Crippen LogP) is 2.90. The van der Waals surface area contributed by atoms with Crippen LogP contribution >= 0.6 is 0 Å². The zero-order chi connectivity index (χ0) is 19.0. The van der Waals surface area contributed by atoms with Gasteiger partial charge in [-0.2, -0.15) is 0 Å². The van der Waals surface area contributed by atoms with Crippen molar-refractivity contribution < 1.29 is 9.13 Å². The summed E-state index contributed by atoms with van der Waals surface area (Å²) in [5.41, 5.74) is 8.32. The molecule has 0 saturated carbocycles. The Morgan fingerprint density at radius 2 is 1.89 bits per heavy atom. The Morgan fingerprint density at radius 1 is 1.11 bits per heavy atom. The molecule has 140 valence electrons. The third kappa shape index (κ3) is 3.74.